The van der Waals surface area contributed by atoms with Crippen molar-refractivity contribution in [3.63, 3.8) is 0 Å². The number of amides is 1. The van der Waals surface area contributed by atoms with E-state index in [0.717, 1.165) is 0 Å². The molecule has 2 rings (SSSR count). The molecule has 1 spiro atoms. The van der Waals surface area contributed by atoms with Gasteiger partial charge < -0.3 is 10.1 Å². The Kier molecular flexibility index (Phi) is 3.46. The van der Waals surface area contributed by atoms with Crippen LogP contribution in [0.5, 0.6) is 0 Å². The lowest BCUT2D eigenvalue weighted by molar-refractivity contribution is -0.145. The molecule has 7 heteroatoms. The van der Waals surface area contributed by atoms with E-state index >= 15 is 0 Å². The summed E-state index contributed by atoms with van der Waals surface area (Å²) >= 11 is 6.26. The van der Waals surface area contributed by atoms with Crippen molar-refractivity contribution >= 4 is 49.5 Å². The van der Waals surface area contributed by atoms with Gasteiger partial charge in [-0.3, -0.25) is 9.59 Å². The number of carbonyl (C=O) groups is 3. The number of carbonyl (C=O) groups excluding carboxylic acids is 3. The smallest absolute Gasteiger partial charge is 0.330 e. The van der Waals surface area contributed by atoms with Crippen LogP contribution in [0.4, 0.5) is 0 Å². The Labute approximate surface area is 120 Å². The summed E-state index contributed by atoms with van der Waals surface area (Å²) in [7, 11) is 0. The number of hydrogen-bond acceptors (Lipinski definition) is 4. The second-order valence-corrected chi connectivity index (χ2v) is 5.86. The van der Waals surface area contributed by atoms with Crippen LogP contribution in [0.1, 0.15) is 13.3 Å². The number of allylic oxidation sites excluding steroid dienone is 2. The number of rotatable bonds is 1. The van der Waals surface area contributed by atoms with Crippen molar-refractivity contribution in [1.82, 2.24) is 5.32 Å². The maximum Gasteiger partial charge on any atom is 0.330 e. The van der Waals surface area contributed by atoms with Crippen molar-refractivity contribution in [2.75, 3.05) is 0 Å². The predicted octanol–water partition coefficient (Wildman–Crippen LogP) is 1.32. The topological polar surface area (TPSA) is 72.5 Å². The molecule has 1 saturated heterocycles. The standard InChI is InChI=1S/C11H9Br2NO4/c1-5(15)14-8-4-11(18-10(8)17)2-6(12)9(16)7(13)3-11/h2-3,8H,4H2,1H3,(H,14,15). The third-order valence-electron chi connectivity index (χ3n) is 2.65. The molecule has 1 amide bonds. The number of esters is 1. The Morgan fingerprint density at radius 1 is 1.39 bits per heavy atom. The summed E-state index contributed by atoms with van der Waals surface area (Å²) in [5, 5.41) is 2.52. The number of Topliss-reactive ketones (excluding diaryl/α,β-unsaturated/α-hetero) is 1. The summed E-state index contributed by atoms with van der Waals surface area (Å²) in [6.07, 6.45) is 3.35. The zero-order valence-electron chi connectivity index (χ0n) is 9.33. The van der Waals surface area contributed by atoms with Crippen molar-refractivity contribution in [2.24, 2.45) is 0 Å². The third kappa shape index (κ3) is 2.42. The highest BCUT2D eigenvalue weighted by Gasteiger charge is 2.47. The zero-order valence-corrected chi connectivity index (χ0v) is 12.5. The van der Waals surface area contributed by atoms with E-state index in [4.69, 9.17) is 4.74 Å². The predicted molar refractivity (Wildman–Crippen MR) is 70.1 cm³/mol. The number of nitrogens with one attached hydrogen (secondary N) is 1. The van der Waals surface area contributed by atoms with Crippen LogP contribution in [0.25, 0.3) is 0 Å². The minimum Gasteiger partial charge on any atom is -0.449 e. The summed E-state index contributed by atoms with van der Waals surface area (Å²) in [6.45, 7) is 1.33. The molecule has 2 aliphatic rings. The molecule has 18 heavy (non-hydrogen) atoms. The van der Waals surface area contributed by atoms with E-state index in [-0.39, 0.29) is 18.1 Å². The van der Waals surface area contributed by atoms with Crippen molar-refractivity contribution < 1.29 is 19.1 Å². The highest BCUT2D eigenvalue weighted by atomic mass is 79.9. The number of ketones is 1. The summed E-state index contributed by atoms with van der Waals surface area (Å²) in [5.74, 6) is -1.01. The maximum atomic E-state index is 11.7. The Morgan fingerprint density at radius 3 is 2.44 bits per heavy atom. The lowest BCUT2D eigenvalue weighted by atomic mass is 9.92. The molecule has 0 saturated carbocycles. The lowest BCUT2D eigenvalue weighted by Crippen LogP contribution is -2.37. The molecule has 1 unspecified atom stereocenters. The lowest BCUT2D eigenvalue weighted by Gasteiger charge is -2.24. The second-order valence-electron chi connectivity index (χ2n) is 4.15. The van der Waals surface area contributed by atoms with Gasteiger partial charge in [0.1, 0.15) is 6.04 Å². The molecule has 0 radical (unpaired) electrons. The van der Waals surface area contributed by atoms with Crippen LogP contribution in [0.3, 0.4) is 0 Å². The molecular formula is C11H9Br2NO4. The van der Waals surface area contributed by atoms with Gasteiger partial charge in [-0.25, -0.2) is 4.79 Å². The molecule has 0 bridgehead atoms. The van der Waals surface area contributed by atoms with Crippen LogP contribution in [0.15, 0.2) is 21.1 Å². The highest BCUT2D eigenvalue weighted by Crippen LogP contribution is 2.38. The van der Waals surface area contributed by atoms with Gasteiger partial charge in [-0.2, -0.15) is 0 Å². The first-order valence-electron chi connectivity index (χ1n) is 5.14. The molecule has 1 atom stereocenters. The van der Waals surface area contributed by atoms with E-state index in [1.54, 1.807) is 12.2 Å². The molecule has 1 aliphatic heterocycles. The van der Waals surface area contributed by atoms with Crippen LogP contribution in [0.2, 0.25) is 0 Å². The zero-order chi connectivity index (χ0) is 13.5. The van der Waals surface area contributed by atoms with Crippen molar-refractivity contribution in [3.05, 3.63) is 21.1 Å². The van der Waals surface area contributed by atoms with Gasteiger partial charge >= 0.3 is 5.97 Å². The molecule has 0 aromatic heterocycles. The number of ether oxygens (including phenoxy) is 1. The summed E-state index contributed by atoms with van der Waals surface area (Å²) in [5.41, 5.74) is -0.976. The Bertz CT molecular complexity index is 487. The van der Waals surface area contributed by atoms with Gasteiger partial charge in [-0.15, -0.1) is 0 Å². The van der Waals surface area contributed by atoms with Crippen LogP contribution >= 0.6 is 31.9 Å². The van der Waals surface area contributed by atoms with Crippen molar-refractivity contribution in [1.29, 1.82) is 0 Å². The quantitative estimate of drug-likeness (QED) is 0.698. The largest absolute Gasteiger partial charge is 0.449 e. The minimum absolute atomic E-state index is 0.209. The van der Waals surface area contributed by atoms with Crippen LogP contribution in [-0.4, -0.2) is 29.3 Å². The third-order valence-corrected chi connectivity index (χ3v) is 3.83. The monoisotopic (exact) mass is 377 g/mol. The van der Waals surface area contributed by atoms with Gasteiger partial charge in [0.05, 0.1) is 8.96 Å². The molecule has 0 aromatic rings. The maximum absolute atomic E-state index is 11.7. The molecule has 1 fully saturated rings. The van der Waals surface area contributed by atoms with Crippen molar-refractivity contribution in [2.45, 2.75) is 25.0 Å². The van der Waals surface area contributed by atoms with E-state index in [2.05, 4.69) is 37.2 Å². The first-order valence-corrected chi connectivity index (χ1v) is 6.73. The SMILES string of the molecule is CC(=O)NC1CC2(C=C(Br)C(=O)C(Br)=C2)OC1=O. The van der Waals surface area contributed by atoms with E-state index in [0.29, 0.717) is 8.96 Å². The average Bonchev–Trinajstić information content (AvgIpc) is 2.51. The molecule has 0 aromatic carbocycles. The van der Waals surface area contributed by atoms with Crippen LogP contribution in [-0.2, 0) is 19.1 Å². The summed E-state index contributed by atoms with van der Waals surface area (Å²) in [6, 6.07) is -0.691. The molecule has 1 N–H and O–H groups in total. The highest BCUT2D eigenvalue weighted by molar-refractivity contribution is 9.13. The van der Waals surface area contributed by atoms with Gasteiger partial charge in [-0.1, -0.05) is 0 Å². The Morgan fingerprint density at radius 2 is 1.94 bits per heavy atom. The van der Waals surface area contributed by atoms with Gasteiger partial charge in [-0.05, 0) is 44.0 Å². The first-order chi connectivity index (χ1) is 8.33. The molecule has 5 nitrogen and oxygen atoms in total. The summed E-state index contributed by atoms with van der Waals surface area (Å²) < 4.78 is 5.93. The average molecular weight is 379 g/mol. The first kappa shape index (κ1) is 13.5. The van der Waals surface area contributed by atoms with E-state index in [9.17, 15) is 14.4 Å². The Balaban J connectivity index is 2.28. The fourth-order valence-corrected chi connectivity index (χ4v) is 3.42. The number of hydrogen-bond donors (Lipinski definition) is 1. The molecule has 96 valence electrons. The van der Waals surface area contributed by atoms with Crippen molar-refractivity contribution in [3.8, 4) is 0 Å². The Hall–Kier alpha value is -0.950. The second kappa shape index (κ2) is 4.62. The normalized spacial score (nSPS) is 25.6. The fraction of sp³-hybridized carbons (Fsp3) is 0.364. The molecule has 1 heterocycles. The van der Waals surface area contributed by atoms with Gasteiger partial charge in [0, 0.05) is 13.3 Å². The van der Waals surface area contributed by atoms with Gasteiger partial charge in [0.25, 0.3) is 0 Å². The number of halogens is 2. The van der Waals surface area contributed by atoms with E-state index < -0.39 is 17.6 Å². The van der Waals surface area contributed by atoms with Gasteiger partial charge in [0.2, 0.25) is 11.7 Å². The van der Waals surface area contributed by atoms with E-state index in [1.165, 1.54) is 6.92 Å². The molecular weight excluding hydrogens is 370 g/mol. The summed E-state index contributed by atoms with van der Waals surface area (Å²) in [4.78, 5) is 34.2. The van der Waals surface area contributed by atoms with E-state index in [1.807, 2.05) is 0 Å². The fourth-order valence-electron chi connectivity index (χ4n) is 1.95. The minimum atomic E-state index is -0.976. The van der Waals surface area contributed by atoms with Gasteiger partial charge in [0.15, 0.2) is 5.60 Å². The van der Waals surface area contributed by atoms with Crippen LogP contribution in [0, 0.1) is 0 Å². The van der Waals surface area contributed by atoms with Crippen LogP contribution < -0.4 is 5.32 Å². The molecule has 1 aliphatic carbocycles.